The average molecular weight is 858 g/mol. The Morgan fingerprint density at radius 1 is 1.11 bits per heavy atom. The van der Waals surface area contributed by atoms with E-state index in [0.717, 1.165) is 29.4 Å². The van der Waals surface area contributed by atoms with Gasteiger partial charge in [0, 0.05) is 10.2 Å². The second-order valence-corrected chi connectivity index (χ2v) is 12.6. The van der Waals surface area contributed by atoms with Crippen LogP contribution >= 0.6 is 54.5 Å². The van der Waals surface area contributed by atoms with Crippen LogP contribution in [0, 0.1) is 3.57 Å². The number of hydrogen-bond donors (Lipinski definition) is 4. The minimum Gasteiger partial charge on any atom is -0.490 e. The molecule has 0 aliphatic carbocycles. The summed E-state index contributed by atoms with van der Waals surface area (Å²) >= 11 is 9.21. The Morgan fingerprint density at radius 3 is 2.56 bits per heavy atom. The summed E-state index contributed by atoms with van der Waals surface area (Å²) in [5, 5.41) is 19.9. The SMILES string of the molecule is CCOc1cc([C@@H]2NC(=O)NC(C)=C2C(=O)OC)ccc1OC[C@H](O)N/N=C\c1cc(Br)c(OCc2ccc(Br)cc2)c(I)c1. The molecule has 0 radical (unpaired) electrons. The summed E-state index contributed by atoms with van der Waals surface area (Å²) in [5.74, 6) is 0.898. The van der Waals surface area contributed by atoms with Crippen molar-refractivity contribution in [3.8, 4) is 17.2 Å². The summed E-state index contributed by atoms with van der Waals surface area (Å²) in [6, 6.07) is 15.5. The summed E-state index contributed by atoms with van der Waals surface area (Å²) in [4.78, 5) is 24.6. The van der Waals surface area contributed by atoms with Crippen molar-refractivity contribution in [2.24, 2.45) is 5.10 Å². The molecule has 0 saturated carbocycles. The van der Waals surface area contributed by atoms with Gasteiger partial charge in [0.25, 0.3) is 0 Å². The third kappa shape index (κ3) is 9.34. The molecule has 2 amide bonds. The number of carbonyl (C=O) groups excluding carboxylic acids is 2. The highest BCUT2D eigenvalue weighted by Gasteiger charge is 2.32. The van der Waals surface area contributed by atoms with E-state index >= 15 is 0 Å². The molecule has 14 heteroatoms. The molecule has 4 N–H and O–H groups in total. The first-order chi connectivity index (χ1) is 21.6. The lowest BCUT2D eigenvalue weighted by Crippen LogP contribution is -2.45. The van der Waals surface area contributed by atoms with Crippen LogP contribution in [0.25, 0.3) is 0 Å². The van der Waals surface area contributed by atoms with Gasteiger partial charge < -0.3 is 34.7 Å². The van der Waals surface area contributed by atoms with Crippen LogP contribution in [-0.2, 0) is 16.1 Å². The number of hydrogen-bond acceptors (Lipinski definition) is 9. The van der Waals surface area contributed by atoms with Crippen LogP contribution in [0.4, 0.5) is 4.79 Å². The average Bonchev–Trinajstić information content (AvgIpc) is 3.00. The first-order valence-corrected chi connectivity index (χ1v) is 16.3. The van der Waals surface area contributed by atoms with Crippen LogP contribution < -0.4 is 30.3 Å². The van der Waals surface area contributed by atoms with E-state index in [9.17, 15) is 14.7 Å². The summed E-state index contributed by atoms with van der Waals surface area (Å²) in [6.45, 7) is 4.07. The zero-order valence-corrected chi connectivity index (χ0v) is 29.9. The van der Waals surface area contributed by atoms with Crippen LogP contribution in [0.15, 0.2) is 79.9 Å². The molecule has 3 aromatic carbocycles. The second-order valence-electron chi connectivity index (χ2n) is 9.64. The van der Waals surface area contributed by atoms with Crippen LogP contribution in [0.3, 0.4) is 0 Å². The molecular formula is C31H31Br2IN4O7. The summed E-state index contributed by atoms with van der Waals surface area (Å²) in [5.41, 5.74) is 5.75. The van der Waals surface area contributed by atoms with Gasteiger partial charge in [0.05, 0.1) is 39.6 Å². The number of methoxy groups -OCH3 is 1. The largest absolute Gasteiger partial charge is 0.490 e. The van der Waals surface area contributed by atoms with Crippen molar-refractivity contribution in [3.63, 3.8) is 0 Å². The number of esters is 1. The standard InChI is InChI=1S/C31H31Br2IN4O7/c1-4-43-25-13-20(28-27(30(40)42-3)17(2)36-31(41)37-28)7-10-24(25)44-16-26(39)38-35-14-19-11-22(33)29(23(34)12-19)45-15-18-5-8-21(32)9-6-18/h5-14,26,28,38-39H,4,15-16H2,1-3H3,(H2,36,37,41)/b35-14-/t26-,28-/m0/s1. The monoisotopic (exact) mass is 856 g/mol. The van der Waals surface area contributed by atoms with Crippen molar-refractivity contribution >= 4 is 72.7 Å². The normalized spacial score (nSPS) is 15.3. The number of urea groups is 1. The van der Waals surface area contributed by atoms with E-state index in [4.69, 9.17) is 18.9 Å². The first kappa shape index (κ1) is 34.5. The smallest absolute Gasteiger partial charge is 0.337 e. The fourth-order valence-corrected chi connectivity index (χ4v) is 6.38. The van der Waals surface area contributed by atoms with Crippen LogP contribution in [0.1, 0.15) is 36.6 Å². The second kappa shape index (κ2) is 16.3. The van der Waals surface area contributed by atoms with Crippen molar-refractivity contribution in [2.75, 3.05) is 20.3 Å². The molecule has 1 aliphatic rings. The zero-order valence-electron chi connectivity index (χ0n) is 24.5. The molecule has 238 valence electrons. The van der Waals surface area contributed by atoms with Gasteiger partial charge in [-0.3, -0.25) is 5.43 Å². The molecule has 45 heavy (non-hydrogen) atoms. The van der Waals surface area contributed by atoms with Crippen LogP contribution in [-0.4, -0.2) is 49.9 Å². The molecule has 3 aromatic rings. The number of amides is 2. The van der Waals surface area contributed by atoms with Crippen molar-refractivity contribution < 1.29 is 33.6 Å². The summed E-state index contributed by atoms with van der Waals surface area (Å²) in [7, 11) is 1.28. The molecule has 2 atom stereocenters. The fraction of sp³-hybridized carbons (Fsp3) is 0.258. The molecule has 0 unspecified atom stereocenters. The number of nitrogens with zero attached hydrogens (tertiary/aromatic N) is 1. The maximum absolute atomic E-state index is 12.4. The van der Waals surface area contributed by atoms with E-state index in [1.54, 1.807) is 31.3 Å². The third-order valence-corrected chi connectivity index (χ3v) is 8.35. The molecule has 0 spiro atoms. The summed E-state index contributed by atoms with van der Waals surface area (Å²) < 4.78 is 25.2. The molecule has 0 bridgehead atoms. The quantitative estimate of drug-likeness (QED) is 0.0547. The van der Waals surface area contributed by atoms with Crippen LogP contribution in [0.2, 0.25) is 0 Å². The first-order valence-electron chi connectivity index (χ1n) is 13.7. The molecule has 4 rings (SSSR count). The van der Waals surface area contributed by atoms with Crippen molar-refractivity contribution in [2.45, 2.75) is 32.7 Å². The van der Waals surface area contributed by atoms with Gasteiger partial charge in [0.15, 0.2) is 17.7 Å². The Hall–Kier alpha value is -3.34. The predicted molar refractivity (Wildman–Crippen MR) is 184 cm³/mol. The van der Waals surface area contributed by atoms with E-state index in [-0.39, 0.29) is 12.2 Å². The lowest BCUT2D eigenvalue weighted by Gasteiger charge is -2.28. The zero-order chi connectivity index (χ0) is 32.5. The number of ether oxygens (including phenoxy) is 4. The minimum atomic E-state index is -1.13. The van der Waals surface area contributed by atoms with E-state index < -0.39 is 24.3 Å². The number of hydrazone groups is 1. The lowest BCUT2D eigenvalue weighted by atomic mass is 9.95. The highest BCUT2D eigenvalue weighted by molar-refractivity contribution is 14.1. The predicted octanol–water partition coefficient (Wildman–Crippen LogP) is 5.92. The van der Waals surface area contributed by atoms with E-state index in [1.165, 1.54) is 7.11 Å². The van der Waals surface area contributed by atoms with E-state index in [1.807, 2.05) is 43.3 Å². The third-order valence-electron chi connectivity index (χ3n) is 6.43. The Labute approximate surface area is 291 Å². The number of nitrogens with one attached hydrogen (secondary N) is 3. The van der Waals surface area contributed by atoms with Gasteiger partial charge in [0.1, 0.15) is 19.0 Å². The van der Waals surface area contributed by atoms with Gasteiger partial charge in [-0.15, -0.1) is 0 Å². The summed E-state index contributed by atoms with van der Waals surface area (Å²) in [6.07, 6.45) is 0.447. The highest BCUT2D eigenvalue weighted by atomic mass is 127. The Morgan fingerprint density at radius 2 is 1.87 bits per heavy atom. The number of allylic oxidation sites excluding steroid dienone is 1. The van der Waals surface area contributed by atoms with Crippen LogP contribution in [0.5, 0.6) is 17.2 Å². The maximum Gasteiger partial charge on any atom is 0.337 e. The number of halogens is 3. The van der Waals surface area contributed by atoms with E-state index in [0.29, 0.717) is 36.0 Å². The molecular weight excluding hydrogens is 827 g/mol. The van der Waals surface area contributed by atoms with Gasteiger partial charge in [-0.25, -0.2) is 9.59 Å². The van der Waals surface area contributed by atoms with Gasteiger partial charge >= 0.3 is 12.0 Å². The van der Waals surface area contributed by atoms with Gasteiger partial charge in [-0.2, -0.15) is 5.10 Å². The molecule has 11 nitrogen and oxygen atoms in total. The van der Waals surface area contributed by atoms with Gasteiger partial charge in [-0.05, 0) is 105 Å². The Bertz CT molecular complexity index is 1580. The minimum absolute atomic E-state index is 0.142. The number of rotatable bonds is 13. The van der Waals surface area contributed by atoms with Crippen molar-refractivity contribution in [1.82, 2.24) is 16.1 Å². The molecule has 0 saturated heterocycles. The Balaban J connectivity index is 1.37. The molecule has 0 fully saturated rings. The molecule has 1 heterocycles. The highest BCUT2D eigenvalue weighted by Crippen LogP contribution is 2.35. The van der Waals surface area contributed by atoms with Gasteiger partial charge in [-0.1, -0.05) is 34.1 Å². The number of benzene rings is 3. The van der Waals surface area contributed by atoms with Crippen molar-refractivity contribution in [1.29, 1.82) is 0 Å². The number of aliphatic hydroxyl groups is 1. The Kier molecular flexibility index (Phi) is 12.5. The van der Waals surface area contributed by atoms with E-state index in [2.05, 4.69) is 75.6 Å². The van der Waals surface area contributed by atoms with Gasteiger partial charge in [0.2, 0.25) is 0 Å². The molecule has 0 aromatic heterocycles. The fourth-order valence-electron chi connectivity index (χ4n) is 4.35. The molecule has 1 aliphatic heterocycles. The number of aliphatic hydroxyl groups excluding tert-OH is 1. The maximum atomic E-state index is 12.4. The number of carbonyl (C=O) groups is 2. The topological polar surface area (TPSA) is 140 Å². The van der Waals surface area contributed by atoms with Crippen molar-refractivity contribution in [3.05, 3.63) is 95.1 Å². The lowest BCUT2D eigenvalue weighted by molar-refractivity contribution is -0.136.